The first kappa shape index (κ1) is 21.7. The molecule has 1 atom stereocenters. The number of aryl methyl sites for hydroxylation is 2. The molecule has 4 rings (SSSR count). The number of hydrogen-bond donors (Lipinski definition) is 3. The number of pyridine rings is 2. The molecule has 1 aliphatic rings. The molecule has 1 unspecified atom stereocenters. The Morgan fingerprint density at radius 2 is 2.00 bits per heavy atom. The minimum Gasteiger partial charge on any atom is -0.397 e. The van der Waals surface area contributed by atoms with Crippen molar-refractivity contribution in [2.75, 3.05) is 29.0 Å². The van der Waals surface area contributed by atoms with E-state index in [-0.39, 0.29) is 23.1 Å². The molecule has 0 aliphatic carbocycles. The second-order valence-corrected chi connectivity index (χ2v) is 8.22. The van der Waals surface area contributed by atoms with E-state index in [9.17, 15) is 9.18 Å². The van der Waals surface area contributed by atoms with Crippen LogP contribution in [0.5, 0.6) is 0 Å². The number of nitrogen functional groups attached to an aromatic ring is 1. The minimum atomic E-state index is -0.569. The van der Waals surface area contributed by atoms with Crippen LogP contribution in [0.4, 0.5) is 21.5 Å². The topological polar surface area (TPSA) is 110 Å². The number of carbonyl (C=O) groups is 1. The van der Waals surface area contributed by atoms with Gasteiger partial charge in [-0.1, -0.05) is 18.2 Å². The van der Waals surface area contributed by atoms with Gasteiger partial charge in [-0.25, -0.2) is 9.37 Å². The van der Waals surface area contributed by atoms with Crippen LogP contribution in [0, 0.1) is 19.7 Å². The molecule has 2 aromatic heterocycles. The number of rotatable bonds is 4. The highest BCUT2D eigenvalue weighted by molar-refractivity contribution is 6.08. The summed E-state index contributed by atoms with van der Waals surface area (Å²) in [6.07, 6.45) is 5.21. The van der Waals surface area contributed by atoms with Gasteiger partial charge >= 0.3 is 0 Å². The highest BCUT2D eigenvalue weighted by atomic mass is 19.1. The van der Waals surface area contributed by atoms with E-state index in [2.05, 4.69) is 20.2 Å². The van der Waals surface area contributed by atoms with Gasteiger partial charge in [-0.2, -0.15) is 0 Å². The predicted octanol–water partition coefficient (Wildman–Crippen LogP) is 3.66. The molecule has 7 nitrogen and oxygen atoms in total. The van der Waals surface area contributed by atoms with E-state index in [0.717, 1.165) is 42.3 Å². The van der Waals surface area contributed by atoms with Gasteiger partial charge in [-0.3, -0.25) is 9.78 Å². The largest absolute Gasteiger partial charge is 0.397 e. The Labute approximate surface area is 186 Å². The van der Waals surface area contributed by atoms with Crippen LogP contribution in [0.2, 0.25) is 0 Å². The number of nitrogens with one attached hydrogen (secondary N) is 1. The molecule has 3 heterocycles. The second kappa shape index (κ2) is 8.92. The summed E-state index contributed by atoms with van der Waals surface area (Å²) >= 11 is 0. The summed E-state index contributed by atoms with van der Waals surface area (Å²) in [5, 5.41) is 2.86. The van der Waals surface area contributed by atoms with E-state index >= 15 is 0 Å². The fourth-order valence-electron chi connectivity index (χ4n) is 4.22. The third-order valence-electron chi connectivity index (χ3n) is 5.78. The van der Waals surface area contributed by atoms with Crippen LogP contribution in [0.1, 0.15) is 34.5 Å². The molecule has 0 bridgehead atoms. The fraction of sp³-hybridized carbons (Fsp3) is 0.292. The van der Waals surface area contributed by atoms with E-state index < -0.39 is 11.7 Å². The van der Waals surface area contributed by atoms with E-state index in [1.165, 1.54) is 0 Å². The molecule has 3 aromatic rings. The monoisotopic (exact) mass is 434 g/mol. The van der Waals surface area contributed by atoms with Crippen molar-refractivity contribution in [3.8, 4) is 11.3 Å². The molecule has 1 aromatic carbocycles. The van der Waals surface area contributed by atoms with Crippen molar-refractivity contribution in [2.24, 2.45) is 5.73 Å². The van der Waals surface area contributed by atoms with E-state index in [0.29, 0.717) is 17.8 Å². The van der Waals surface area contributed by atoms with Crippen LogP contribution in [0.25, 0.3) is 11.3 Å². The lowest BCUT2D eigenvalue weighted by atomic mass is 9.99. The van der Waals surface area contributed by atoms with E-state index in [4.69, 9.17) is 11.5 Å². The third kappa shape index (κ3) is 4.27. The number of nitrogens with zero attached hydrogens (tertiary/aromatic N) is 3. The van der Waals surface area contributed by atoms with Gasteiger partial charge < -0.3 is 21.7 Å². The standard InChI is InChI=1S/C24H27FN6O/c1-14-5-3-6-15(2)21(14)22-17(25)11-18(27)23(30-22)24(32)29-19-12-28-9-8-20(19)31-10-4-7-16(26)13-31/h3,5-6,8-9,11-12,16H,4,7,10,13,26-27H2,1-2H3,(H,29,32). The Balaban J connectivity index is 1.68. The van der Waals surface area contributed by atoms with E-state index in [1.54, 1.807) is 12.4 Å². The summed E-state index contributed by atoms with van der Waals surface area (Å²) in [7, 11) is 0. The molecule has 1 amide bonds. The first-order valence-corrected chi connectivity index (χ1v) is 10.6. The normalized spacial score (nSPS) is 16.1. The Morgan fingerprint density at radius 1 is 1.25 bits per heavy atom. The number of piperidine rings is 1. The van der Waals surface area contributed by atoms with Crippen LogP contribution in [-0.4, -0.2) is 35.0 Å². The zero-order valence-electron chi connectivity index (χ0n) is 18.2. The van der Waals surface area contributed by atoms with Gasteiger partial charge in [-0.15, -0.1) is 0 Å². The molecule has 32 heavy (non-hydrogen) atoms. The van der Waals surface area contributed by atoms with Crippen LogP contribution >= 0.6 is 0 Å². The van der Waals surface area contributed by atoms with Gasteiger partial charge in [0.05, 0.1) is 23.3 Å². The number of benzene rings is 1. The SMILES string of the molecule is Cc1cccc(C)c1-c1nc(C(=O)Nc2cnccc2N2CCCC(N)C2)c(N)cc1F. The number of anilines is 3. The Kier molecular flexibility index (Phi) is 6.05. The van der Waals surface area contributed by atoms with Crippen molar-refractivity contribution in [2.45, 2.75) is 32.7 Å². The minimum absolute atomic E-state index is 0.0274. The molecule has 1 fully saturated rings. The number of amides is 1. The summed E-state index contributed by atoms with van der Waals surface area (Å²) < 4.78 is 14.8. The van der Waals surface area contributed by atoms with Gasteiger partial charge in [0.25, 0.3) is 5.91 Å². The summed E-state index contributed by atoms with van der Waals surface area (Å²) in [5.74, 6) is -1.09. The lowest BCUT2D eigenvalue weighted by molar-refractivity contribution is 0.102. The zero-order valence-corrected chi connectivity index (χ0v) is 18.2. The van der Waals surface area contributed by atoms with Crippen LogP contribution in [-0.2, 0) is 0 Å². The van der Waals surface area contributed by atoms with Crippen molar-refractivity contribution in [1.29, 1.82) is 0 Å². The maximum absolute atomic E-state index is 14.8. The van der Waals surface area contributed by atoms with Crippen molar-refractivity contribution in [3.05, 3.63) is 65.4 Å². The van der Waals surface area contributed by atoms with Gasteiger partial charge in [0.2, 0.25) is 0 Å². The van der Waals surface area contributed by atoms with Gasteiger partial charge in [0.15, 0.2) is 11.5 Å². The molecule has 0 spiro atoms. The average molecular weight is 435 g/mol. The molecule has 5 N–H and O–H groups in total. The first-order chi connectivity index (χ1) is 15.3. The fourth-order valence-corrected chi connectivity index (χ4v) is 4.22. The highest BCUT2D eigenvalue weighted by Crippen LogP contribution is 2.31. The smallest absolute Gasteiger partial charge is 0.276 e. The first-order valence-electron chi connectivity index (χ1n) is 10.6. The number of hydrogen-bond acceptors (Lipinski definition) is 6. The van der Waals surface area contributed by atoms with Crippen LogP contribution < -0.4 is 21.7 Å². The van der Waals surface area contributed by atoms with Gasteiger partial charge in [0, 0.05) is 37.0 Å². The van der Waals surface area contributed by atoms with Crippen molar-refractivity contribution in [3.63, 3.8) is 0 Å². The highest BCUT2D eigenvalue weighted by Gasteiger charge is 2.23. The van der Waals surface area contributed by atoms with Crippen molar-refractivity contribution in [1.82, 2.24) is 9.97 Å². The van der Waals surface area contributed by atoms with E-state index in [1.807, 2.05) is 38.1 Å². The summed E-state index contributed by atoms with van der Waals surface area (Å²) in [4.78, 5) is 23.8. The molecule has 166 valence electrons. The van der Waals surface area contributed by atoms with Crippen molar-refractivity contribution >= 4 is 23.0 Å². The molecule has 8 heteroatoms. The summed E-state index contributed by atoms with van der Waals surface area (Å²) in [5.41, 5.74) is 15.9. The number of halogens is 1. The maximum atomic E-state index is 14.8. The third-order valence-corrected chi connectivity index (χ3v) is 5.78. The molecule has 0 saturated carbocycles. The Morgan fingerprint density at radius 3 is 2.72 bits per heavy atom. The number of carbonyl (C=O) groups excluding carboxylic acids is 1. The summed E-state index contributed by atoms with van der Waals surface area (Å²) in [6.45, 7) is 5.30. The molecule has 1 saturated heterocycles. The van der Waals surface area contributed by atoms with Crippen LogP contribution in [0.15, 0.2) is 42.7 Å². The van der Waals surface area contributed by atoms with Crippen LogP contribution in [0.3, 0.4) is 0 Å². The lowest BCUT2D eigenvalue weighted by Crippen LogP contribution is -2.43. The predicted molar refractivity (Wildman–Crippen MR) is 125 cm³/mol. The molecular weight excluding hydrogens is 407 g/mol. The van der Waals surface area contributed by atoms with Gasteiger partial charge in [-0.05, 0) is 43.9 Å². The number of aromatic nitrogens is 2. The average Bonchev–Trinajstić information content (AvgIpc) is 2.75. The number of nitrogens with two attached hydrogens (primary N) is 2. The van der Waals surface area contributed by atoms with Crippen molar-refractivity contribution < 1.29 is 9.18 Å². The quantitative estimate of drug-likeness (QED) is 0.578. The summed E-state index contributed by atoms with van der Waals surface area (Å²) in [6, 6.07) is 8.73. The molecule has 1 aliphatic heterocycles. The Bertz CT molecular complexity index is 1140. The van der Waals surface area contributed by atoms with Gasteiger partial charge in [0.1, 0.15) is 5.69 Å². The lowest BCUT2D eigenvalue weighted by Gasteiger charge is -2.33. The second-order valence-electron chi connectivity index (χ2n) is 8.22. The zero-order chi connectivity index (χ0) is 22.8. The molecular formula is C24H27FN6O. The Hall–Kier alpha value is -3.52. The maximum Gasteiger partial charge on any atom is 0.276 e. The molecule has 0 radical (unpaired) electrons.